The van der Waals surface area contributed by atoms with Gasteiger partial charge < -0.3 is 5.11 Å². The number of hydrogen-bond donors (Lipinski definition) is 1. The summed E-state index contributed by atoms with van der Waals surface area (Å²) in [5.74, 6) is -1.08. The van der Waals surface area contributed by atoms with E-state index in [9.17, 15) is 4.79 Å². The Morgan fingerprint density at radius 3 is 2.61 bits per heavy atom. The van der Waals surface area contributed by atoms with E-state index in [1.807, 2.05) is 0 Å². The van der Waals surface area contributed by atoms with Crippen LogP contribution >= 0.6 is 39.1 Å². The molecule has 0 saturated heterocycles. The maximum absolute atomic E-state index is 10.9. The van der Waals surface area contributed by atoms with Gasteiger partial charge in [0.15, 0.2) is 5.69 Å². The average Bonchev–Trinajstić information content (AvgIpc) is 2.68. The molecule has 0 bridgehead atoms. The Morgan fingerprint density at radius 1 is 1.39 bits per heavy atom. The minimum absolute atomic E-state index is 0.00916. The topological polar surface area (TPSA) is 55.1 Å². The van der Waals surface area contributed by atoms with E-state index in [1.165, 1.54) is 4.68 Å². The quantitative estimate of drug-likeness (QED) is 0.835. The third kappa shape index (κ3) is 2.25. The first-order chi connectivity index (χ1) is 8.41. The second kappa shape index (κ2) is 4.91. The van der Waals surface area contributed by atoms with E-state index in [1.54, 1.807) is 25.3 Å². The molecule has 0 amide bonds. The van der Waals surface area contributed by atoms with E-state index in [2.05, 4.69) is 21.0 Å². The third-order valence-electron chi connectivity index (χ3n) is 2.36. The number of benzene rings is 1. The number of carbonyl (C=O) groups is 1. The molecule has 1 heterocycles. The van der Waals surface area contributed by atoms with Crippen molar-refractivity contribution in [2.24, 2.45) is 0 Å². The second-order valence-corrected chi connectivity index (χ2v) is 5.22. The van der Waals surface area contributed by atoms with Gasteiger partial charge in [-0.2, -0.15) is 5.10 Å². The van der Waals surface area contributed by atoms with Crippen molar-refractivity contribution in [1.29, 1.82) is 0 Å². The molecule has 0 spiro atoms. The molecule has 2 rings (SSSR count). The summed E-state index contributed by atoms with van der Waals surface area (Å²) in [6.45, 7) is 1.67. The minimum Gasteiger partial charge on any atom is -0.476 e. The molecule has 94 valence electrons. The van der Waals surface area contributed by atoms with Crippen molar-refractivity contribution in [2.45, 2.75) is 6.92 Å². The fourth-order valence-corrected chi connectivity index (χ4v) is 2.34. The number of aromatic carboxylic acids is 1. The summed E-state index contributed by atoms with van der Waals surface area (Å²) in [5.41, 5.74) is 1.07. The van der Waals surface area contributed by atoms with E-state index in [4.69, 9.17) is 28.3 Å². The monoisotopic (exact) mass is 348 g/mol. The summed E-state index contributed by atoms with van der Waals surface area (Å²) in [6.07, 6.45) is 1.59. The number of aryl methyl sites for hydroxylation is 1. The SMILES string of the molecule is Cc1cn(-c2ccc(Br)c(Cl)c2Cl)nc1C(=O)O. The smallest absolute Gasteiger partial charge is 0.356 e. The van der Waals surface area contributed by atoms with Crippen LogP contribution < -0.4 is 0 Å². The van der Waals surface area contributed by atoms with Crippen LogP contribution in [0.3, 0.4) is 0 Å². The lowest BCUT2D eigenvalue weighted by Gasteiger charge is -2.06. The van der Waals surface area contributed by atoms with Gasteiger partial charge in [0.05, 0.1) is 15.7 Å². The van der Waals surface area contributed by atoms with Crippen molar-refractivity contribution in [3.63, 3.8) is 0 Å². The number of hydrogen-bond acceptors (Lipinski definition) is 2. The molecule has 0 unspecified atom stereocenters. The molecule has 0 saturated carbocycles. The largest absolute Gasteiger partial charge is 0.476 e. The van der Waals surface area contributed by atoms with Gasteiger partial charge >= 0.3 is 5.97 Å². The van der Waals surface area contributed by atoms with E-state index >= 15 is 0 Å². The van der Waals surface area contributed by atoms with Crippen LogP contribution in [-0.2, 0) is 0 Å². The number of nitrogens with zero attached hydrogens (tertiary/aromatic N) is 2. The number of carboxylic acid groups (broad SMARTS) is 1. The summed E-state index contributed by atoms with van der Waals surface area (Å²) < 4.78 is 2.07. The van der Waals surface area contributed by atoms with Crippen molar-refractivity contribution in [3.8, 4) is 5.69 Å². The van der Waals surface area contributed by atoms with Gasteiger partial charge in [0.1, 0.15) is 0 Å². The first kappa shape index (κ1) is 13.4. The van der Waals surface area contributed by atoms with Crippen molar-refractivity contribution in [3.05, 3.63) is 44.1 Å². The second-order valence-electron chi connectivity index (χ2n) is 3.60. The lowest BCUT2D eigenvalue weighted by Crippen LogP contribution is -2.02. The zero-order chi connectivity index (χ0) is 13.4. The summed E-state index contributed by atoms with van der Waals surface area (Å²) in [4.78, 5) is 10.9. The van der Waals surface area contributed by atoms with Crippen LogP contribution in [0.15, 0.2) is 22.8 Å². The van der Waals surface area contributed by atoms with E-state index in [0.717, 1.165) is 0 Å². The fraction of sp³-hybridized carbons (Fsp3) is 0.0909. The van der Waals surface area contributed by atoms with Crippen LogP contribution in [-0.4, -0.2) is 20.9 Å². The maximum Gasteiger partial charge on any atom is 0.356 e. The van der Waals surface area contributed by atoms with E-state index < -0.39 is 5.97 Å². The van der Waals surface area contributed by atoms with Crippen molar-refractivity contribution in [1.82, 2.24) is 9.78 Å². The highest BCUT2D eigenvalue weighted by atomic mass is 79.9. The highest BCUT2D eigenvalue weighted by molar-refractivity contribution is 9.10. The van der Waals surface area contributed by atoms with Gasteiger partial charge in [0.2, 0.25) is 0 Å². The normalized spacial score (nSPS) is 10.7. The highest BCUT2D eigenvalue weighted by Crippen LogP contribution is 2.34. The summed E-state index contributed by atoms with van der Waals surface area (Å²) >= 11 is 15.4. The molecule has 0 fully saturated rings. The van der Waals surface area contributed by atoms with E-state index in [-0.39, 0.29) is 5.69 Å². The van der Waals surface area contributed by atoms with E-state index in [0.29, 0.717) is 25.8 Å². The Labute approximate surface area is 121 Å². The molecule has 2 aromatic rings. The van der Waals surface area contributed by atoms with Gasteiger partial charge in [-0.1, -0.05) is 23.2 Å². The predicted octanol–water partition coefficient (Wildman–Crippen LogP) is 3.95. The third-order valence-corrected chi connectivity index (χ3v) is 4.12. The Morgan fingerprint density at radius 2 is 2.06 bits per heavy atom. The molecule has 1 aromatic heterocycles. The first-order valence-corrected chi connectivity index (χ1v) is 6.40. The molecule has 1 aromatic carbocycles. The maximum atomic E-state index is 10.9. The molecule has 0 atom stereocenters. The standard InChI is InChI=1S/C11H7BrCl2N2O2/c1-5-4-16(15-10(5)11(17)18)7-3-2-6(12)8(13)9(7)14/h2-4H,1H3,(H,17,18). The lowest BCUT2D eigenvalue weighted by atomic mass is 10.3. The number of rotatable bonds is 2. The zero-order valence-electron chi connectivity index (χ0n) is 9.12. The zero-order valence-corrected chi connectivity index (χ0v) is 12.2. The summed E-state index contributed by atoms with van der Waals surface area (Å²) in [6, 6.07) is 3.43. The number of carboxylic acids is 1. The van der Waals surface area contributed by atoms with Crippen LogP contribution in [0.2, 0.25) is 10.0 Å². The summed E-state index contributed by atoms with van der Waals surface area (Å²) in [7, 11) is 0. The molecule has 0 radical (unpaired) electrons. The minimum atomic E-state index is -1.08. The molecule has 0 aliphatic carbocycles. The fourth-order valence-electron chi connectivity index (χ4n) is 1.49. The van der Waals surface area contributed by atoms with Gasteiger partial charge in [-0.15, -0.1) is 0 Å². The van der Waals surface area contributed by atoms with Crippen LogP contribution in [0.1, 0.15) is 16.1 Å². The molecular formula is C11H7BrCl2N2O2. The van der Waals surface area contributed by atoms with Crippen LogP contribution in [0, 0.1) is 6.92 Å². The van der Waals surface area contributed by atoms with Crippen LogP contribution in [0.5, 0.6) is 0 Å². The van der Waals surface area contributed by atoms with Crippen molar-refractivity contribution >= 4 is 45.1 Å². The van der Waals surface area contributed by atoms with Gasteiger partial charge in [-0.3, -0.25) is 0 Å². The molecule has 4 nitrogen and oxygen atoms in total. The molecule has 7 heteroatoms. The number of halogens is 3. The summed E-state index contributed by atoms with van der Waals surface area (Å²) in [5, 5.41) is 13.6. The lowest BCUT2D eigenvalue weighted by molar-refractivity contribution is 0.0689. The Balaban J connectivity index is 2.60. The van der Waals surface area contributed by atoms with Crippen LogP contribution in [0.4, 0.5) is 0 Å². The number of aromatic nitrogens is 2. The molecule has 18 heavy (non-hydrogen) atoms. The first-order valence-electron chi connectivity index (χ1n) is 4.85. The average molecular weight is 350 g/mol. The molecule has 1 N–H and O–H groups in total. The molecule has 0 aliphatic rings. The van der Waals surface area contributed by atoms with Gasteiger partial charge in [0, 0.05) is 16.2 Å². The van der Waals surface area contributed by atoms with Crippen molar-refractivity contribution in [2.75, 3.05) is 0 Å². The molecular weight excluding hydrogens is 343 g/mol. The van der Waals surface area contributed by atoms with Crippen LogP contribution in [0.25, 0.3) is 5.69 Å². The Hall–Kier alpha value is -1.04. The van der Waals surface area contributed by atoms with Gasteiger partial charge in [-0.05, 0) is 35.0 Å². The predicted molar refractivity (Wildman–Crippen MR) is 73.0 cm³/mol. The van der Waals surface area contributed by atoms with Gasteiger partial charge in [-0.25, -0.2) is 9.48 Å². The highest BCUT2D eigenvalue weighted by Gasteiger charge is 2.16. The Kier molecular flexibility index (Phi) is 3.66. The Bertz CT molecular complexity index is 640. The van der Waals surface area contributed by atoms with Gasteiger partial charge in [0.25, 0.3) is 0 Å². The molecule has 0 aliphatic heterocycles. The van der Waals surface area contributed by atoms with Crippen molar-refractivity contribution < 1.29 is 9.90 Å².